The molecule has 4 aliphatic rings. The van der Waals surface area contributed by atoms with E-state index in [2.05, 4.69) is 47.1 Å². The first kappa shape index (κ1) is 27.6. The van der Waals surface area contributed by atoms with Crippen molar-refractivity contribution in [1.29, 1.82) is 0 Å². The zero-order valence-electron chi connectivity index (χ0n) is 23.3. The van der Waals surface area contributed by atoms with E-state index in [1.54, 1.807) is 17.9 Å². The number of allylic oxidation sites excluding steroid dienone is 5. The molecule has 1 aliphatic carbocycles. The smallest absolute Gasteiger partial charge is 0.409 e. The zero-order valence-corrected chi connectivity index (χ0v) is 23.3. The lowest BCUT2D eigenvalue weighted by molar-refractivity contribution is -0.127. The van der Waals surface area contributed by atoms with Crippen molar-refractivity contribution in [3.63, 3.8) is 0 Å². The van der Waals surface area contributed by atoms with Gasteiger partial charge in [0.2, 0.25) is 11.8 Å². The van der Waals surface area contributed by atoms with Crippen LogP contribution >= 0.6 is 0 Å². The summed E-state index contributed by atoms with van der Waals surface area (Å²) >= 11 is 0. The van der Waals surface area contributed by atoms with Crippen molar-refractivity contribution in [3.8, 4) is 0 Å². The Bertz CT molecular complexity index is 1290. The van der Waals surface area contributed by atoms with Gasteiger partial charge in [-0.1, -0.05) is 49.1 Å². The van der Waals surface area contributed by atoms with Gasteiger partial charge >= 0.3 is 6.09 Å². The van der Waals surface area contributed by atoms with Gasteiger partial charge in [-0.15, -0.1) is 0 Å². The highest BCUT2D eigenvalue weighted by Gasteiger charge is 2.39. The molecule has 0 aromatic heterocycles. The number of hydrogen-bond donors (Lipinski definition) is 1. The minimum Gasteiger partial charge on any atom is -0.450 e. The standard InChI is InChI=1S/C32H38N4O4/c1-4-23(11-12-30(37)36-19-27-16-25(17-28(27)20-36)24-9-7-6-8-10-24)15-26-18-34-13-14-35(32(39)40-5-2)21-29(34)31(38)33-22(26)3/h4,6-12,15-16,27-29H,3,5,13-14,17-21H2,1-2H3,(H,33,38). The van der Waals surface area contributed by atoms with Crippen LogP contribution in [-0.2, 0) is 14.3 Å². The van der Waals surface area contributed by atoms with Crippen molar-refractivity contribution in [2.75, 3.05) is 45.9 Å². The van der Waals surface area contributed by atoms with E-state index in [0.717, 1.165) is 30.7 Å². The fourth-order valence-corrected chi connectivity index (χ4v) is 6.06. The summed E-state index contributed by atoms with van der Waals surface area (Å²) in [6.45, 7) is 11.4. The van der Waals surface area contributed by atoms with E-state index in [1.807, 2.05) is 36.1 Å². The molecule has 210 valence electrons. The van der Waals surface area contributed by atoms with Crippen molar-refractivity contribution in [2.24, 2.45) is 11.8 Å². The number of nitrogens with one attached hydrogen (secondary N) is 1. The van der Waals surface area contributed by atoms with Gasteiger partial charge in [0, 0.05) is 51.0 Å². The third-order valence-electron chi connectivity index (χ3n) is 8.29. The van der Waals surface area contributed by atoms with E-state index in [1.165, 1.54) is 11.1 Å². The first-order chi connectivity index (χ1) is 19.4. The Morgan fingerprint density at radius 1 is 1.10 bits per heavy atom. The van der Waals surface area contributed by atoms with Gasteiger partial charge in [0.25, 0.3) is 0 Å². The molecule has 0 bridgehead atoms. The molecule has 8 heteroatoms. The molecule has 0 spiro atoms. The number of nitrogens with zero attached hydrogens (tertiary/aromatic N) is 3. The molecule has 3 unspecified atom stereocenters. The zero-order chi connectivity index (χ0) is 28.2. The Morgan fingerprint density at radius 2 is 1.90 bits per heavy atom. The summed E-state index contributed by atoms with van der Waals surface area (Å²) in [5.74, 6) is 0.723. The number of carbonyl (C=O) groups is 3. The maximum absolute atomic E-state index is 13.1. The number of amides is 3. The van der Waals surface area contributed by atoms with Crippen LogP contribution in [-0.4, -0.2) is 84.5 Å². The van der Waals surface area contributed by atoms with Gasteiger partial charge in [-0.05, 0) is 66.5 Å². The monoisotopic (exact) mass is 542 g/mol. The molecule has 8 nitrogen and oxygen atoms in total. The van der Waals surface area contributed by atoms with Crippen LogP contribution < -0.4 is 5.32 Å². The molecule has 3 atom stereocenters. The Hall–Kier alpha value is -3.91. The molecule has 40 heavy (non-hydrogen) atoms. The van der Waals surface area contributed by atoms with Gasteiger partial charge in [0.1, 0.15) is 6.04 Å². The van der Waals surface area contributed by atoms with E-state index in [-0.39, 0.29) is 18.4 Å². The van der Waals surface area contributed by atoms with Crippen LogP contribution in [0.5, 0.6) is 0 Å². The van der Waals surface area contributed by atoms with E-state index in [9.17, 15) is 14.4 Å². The Balaban J connectivity index is 1.21. The van der Waals surface area contributed by atoms with E-state index < -0.39 is 12.1 Å². The quantitative estimate of drug-likeness (QED) is 0.453. The maximum atomic E-state index is 13.1. The van der Waals surface area contributed by atoms with Gasteiger partial charge in [-0.25, -0.2) is 4.79 Å². The predicted molar refractivity (Wildman–Crippen MR) is 155 cm³/mol. The molecule has 5 rings (SSSR count). The topological polar surface area (TPSA) is 82.2 Å². The van der Waals surface area contributed by atoms with Crippen molar-refractivity contribution < 1.29 is 19.1 Å². The molecule has 3 heterocycles. The lowest BCUT2D eigenvalue weighted by atomic mass is 9.98. The largest absolute Gasteiger partial charge is 0.450 e. The van der Waals surface area contributed by atoms with Crippen LogP contribution in [0, 0.1) is 11.8 Å². The van der Waals surface area contributed by atoms with Crippen LogP contribution in [0.15, 0.2) is 84.1 Å². The molecular formula is C32H38N4O4. The molecule has 0 radical (unpaired) electrons. The van der Waals surface area contributed by atoms with E-state index in [0.29, 0.717) is 43.8 Å². The summed E-state index contributed by atoms with van der Waals surface area (Å²) < 4.78 is 5.12. The maximum Gasteiger partial charge on any atom is 0.409 e. The highest BCUT2D eigenvalue weighted by atomic mass is 16.6. The number of hydrogen-bond acceptors (Lipinski definition) is 5. The second-order valence-electron chi connectivity index (χ2n) is 10.8. The normalized spacial score (nSPS) is 26.4. The highest BCUT2D eigenvalue weighted by molar-refractivity contribution is 5.89. The first-order valence-electron chi connectivity index (χ1n) is 14.1. The highest BCUT2D eigenvalue weighted by Crippen LogP contribution is 2.41. The van der Waals surface area contributed by atoms with Crippen LogP contribution in [0.25, 0.3) is 5.57 Å². The van der Waals surface area contributed by atoms with E-state index >= 15 is 0 Å². The van der Waals surface area contributed by atoms with Gasteiger partial charge in [0.05, 0.1) is 6.61 Å². The number of piperazine rings is 1. The number of fused-ring (bicyclic) bond motifs is 2. The number of carbonyl (C=O) groups excluding carboxylic acids is 3. The predicted octanol–water partition coefficient (Wildman–Crippen LogP) is 3.76. The van der Waals surface area contributed by atoms with Crippen molar-refractivity contribution in [2.45, 2.75) is 26.3 Å². The number of ether oxygens (including phenoxy) is 1. The number of rotatable bonds is 5. The average molecular weight is 543 g/mol. The van der Waals surface area contributed by atoms with Crippen LogP contribution in [0.2, 0.25) is 0 Å². The van der Waals surface area contributed by atoms with Gasteiger partial charge in [-0.2, -0.15) is 0 Å². The average Bonchev–Trinajstić information content (AvgIpc) is 3.52. The molecule has 3 amide bonds. The van der Waals surface area contributed by atoms with Crippen LogP contribution in [0.4, 0.5) is 4.79 Å². The molecule has 1 N–H and O–H groups in total. The summed E-state index contributed by atoms with van der Waals surface area (Å²) in [6, 6.07) is 10.0. The number of likely N-dealkylation sites (tertiary alicyclic amines) is 1. The lowest BCUT2D eigenvalue weighted by Gasteiger charge is -2.38. The van der Waals surface area contributed by atoms with Gasteiger partial charge in [-0.3, -0.25) is 14.5 Å². The van der Waals surface area contributed by atoms with Crippen molar-refractivity contribution in [3.05, 3.63) is 89.7 Å². The van der Waals surface area contributed by atoms with Crippen molar-refractivity contribution in [1.82, 2.24) is 20.0 Å². The second kappa shape index (κ2) is 12.1. The summed E-state index contributed by atoms with van der Waals surface area (Å²) in [5.41, 5.74) is 4.95. The molecule has 0 saturated carbocycles. The lowest BCUT2D eigenvalue weighted by Crippen LogP contribution is -2.58. The Labute approximate surface area is 236 Å². The first-order valence-corrected chi connectivity index (χ1v) is 14.1. The summed E-state index contributed by atoms with van der Waals surface area (Å²) in [4.78, 5) is 43.8. The fraction of sp³-hybridized carbons (Fsp3) is 0.406. The molecular weight excluding hydrogens is 504 g/mol. The van der Waals surface area contributed by atoms with Crippen LogP contribution in [0.3, 0.4) is 0 Å². The molecule has 1 aromatic rings. The van der Waals surface area contributed by atoms with Crippen LogP contribution in [0.1, 0.15) is 25.8 Å². The van der Waals surface area contributed by atoms with Gasteiger partial charge < -0.3 is 19.9 Å². The fourth-order valence-electron chi connectivity index (χ4n) is 6.06. The van der Waals surface area contributed by atoms with Crippen molar-refractivity contribution >= 4 is 23.5 Å². The number of benzene rings is 1. The summed E-state index contributed by atoms with van der Waals surface area (Å²) in [7, 11) is 0. The minimum atomic E-state index is -0.474. The minimum absolute atomic E-state index is 0.0185. The Morgan fingerprint density at radius 3 is 2.62 bits per heavy atom. The molecule has 3 aliphatic heterocycles. The van der Waals surface area contributed by atoms with Gasteiger partial charge in [0.15, 0.2) is 0 Å². The molecule has 3 fully saturated rings. The summed E-state index contributed by atoms with van der Waals surface area (Å²) in [5, 5.41) is 2.91. The Kier molecular flexibility index (Phi) is 8.35. The van der Waals surface area contributed by atoms with E-state index in [4.69, 9.17) is 4.74 Å². The SMILES string of the molecule is C=C1NC(=O)C2CN(C(=O)OCC)CCN2CC1=CC(C=CC(=O)N1CC2C=C(c3ccccc3)CC2C1)=CC. The molecule has 1 aromatic carbocycles. The summed E-state index contributed by atoms with van der Waals surface area (Å²) in [6.07, 6.45) is 10.4. The molecule has 3 saturated heterocycles. The third-order valence-corrected chi connectivity index (χ3v) is 8.29. The third kappa shape index (κ3) is 5.97. The second-order valence-corrected chi connectivity index (χ2v) is 10.8.